The Morgan fingerprint density at radius 1 is 1.47 bits per heavy atom. The summed E-state index contributed by atoms with van der Waals surface area (Å²) in [5, 5.41) is 5.52. The molecule has 0 saturated heterocycles. The number of hydrogen-bond donors (Lipinski definition) is 2. The third-order valence-corrected chi connectivity index (χ3v) is 4.73. The summed E-state index contributed by atoms with van der Waals surface area (Å²) in [5.41, 5.74) is 5.92. The van der Waals surface area contributed by atoms with Crippen LogP contribution < -0.4 is 11.1 Å². The summed E-state index contributed by atoms with van der Waals surface area (Å²) in [5.74, 6) is -0.140. The van der Waals surface area contributed by atoms with E-state index in [2.05, 4.69) is 26.2 Å². The number of aromatic nitrogens is 1. The number of nitrogens with two attached hydrogens (primary N) is 1. The van der Waals surface area contributed by atoms with Crippen LogP contribution in [0.25, 0.3) is 0 Å². The SMILES string of the molecule is Cl.NCCc1nc(C(=O)NCc2ccc(Br)s2)cs1. The third kappa shape index (κ3) is 4.85. The van der Waals surface area contributed by atoms with Crippen LogP contribution in [0, 0.1) is 0 Å². The highest BCUT2D eigenvalue weighted by Gasteiger charge is 2.10. The van der Waals surface area contributed by atoms with Gasteiger partial charge in [-0.25, -0.2) is 4.98 Å². The van der Waals surface area contributed by atoms with Crippen LogP contribution in [0.3, 0.4) is 0 Å². The van der Waals surface area contributed by atoms with Gasteiger partial charge in [0.1, 0.15) is 5.69 Å². The highest BCUT2D eigenvalue weighted by molar-refractivity contribution is 9.11. The number of carbonyl (C=O) groups is 1. The Labute approximate surface area is 134 Å². The molecule has 0 unspecified atom stereocenters. The van der Waals surface area contributed by atoms with Gasteiger partial charge in [-0.3, -0.25) is 4.79 Å². The zero-order chi connectivity index (χ0) is 13.0. The number of thiophene rings is 1. The molecule has 0 saturated carbocycles. The summed E-state index contributed by atoms with van der Waals surface area (Å²) in [6, 6.07) is 3.95. The molecule has 0 bridgehead atoms. The summed E-state index contributed by atoms with van der Waals surface area (Å²) >= 11 is 6.47. The van der Waals surface area contributed by atoms with Gasteiger partial charge in [-0.15, -0.1) is 35.1 Å². The Hall–Kier alpha value is -0.470. The molecular weight excluding hydrogens is 370 g/mol. The molecule has 0 aliphatic heterocycles. The molecule has 1 amide bonds. The molecule has 104 valence electrons. The maximum absolute atomic E-state index is 11.8. The number of carbonyl (C=O) groups excluding carboxylic acids is 1. The first-order valence-corrected chi connectivity index (χ1v) is 7.85. The highest BCUT2D eigenvalue weighted by atomic mass is 79.9. The van der Waals surface area contributed by atoms with Crippen molar-refractivity contribution in [3.05, 3.63) is 36.9 Å². The van der Waals surface area contributed by atoms with Gasteiger partial charge in [0.25, 0.3) is 5.91 Å². The Bertz CT molecular complexity index is 544. The molecule has 0 aromatic carbocycles. The van der Waals surface area contributed by atoms with Crippen LogP contribution in [0.2, 0.25) is 0 Å². The van der Waals surface area contributed by atoms with E-state index >= 15 is 0 Å². The number of nitrogens with one attached hydrogen (secondary N) is 1. The van der Waals surface area contributed by atoms with Crippen LogP contribution in [0.15, 0.2) is 21.3 Å². The van der Waals surface area contributed by atoms with Gasteiger partial charge in [0.05, 0.1) is 15.3 Å². The van der Waals surface area contributed by atoms with E-state index in [1.54, 1.807) is 16.7 Å². The van der Waals surface area contributed by atoms with E-state index in [0.717, 1.165) is 20.1 Å². The standard InChI is InChI=1S/C11H12BrN3OS2.ClH/c12-9-2-1-7(18-9)5-14-11(16)8-6-17-10(15-8)3-4-13;/h1-2,6H,3-5,13H2,(H,14,16);1H. The average molecular weight is 383 g/mol. The molecule has 0 radical (unpaired) electrons. The van der Waals surface area contributed by atoms with E-state index < -0.39 is 0 Å². The van der Waals surface area contributed by atoms with Gasteiger partial charge >= 0.3 is 0 Å². The van der Waals surface area contributed by atoms with Gasteiger partial charge in [-0.05, 0) is 34.6 Å². The topological polar surface area (TPSA) is 68.0 Å². The van der Waals surface area contributed by atoms with Crippen molar-refractivity contribution in [1.82, 2.24) is 10.3 Å². The largest absolute Gasteiger partial charge is 0.346 e. The van der Waals surface area contributed by atoms with Gasteiger partial charge in [-0.2, -0.15) is 0 Å². The highest BCUT2D eigenvalue weighted by Crippen LogP contribution is 2.21. The van der Waals surface area contributed by atoms with Gasteiger partial charge in [-0.1, -0.05) is 0 Å². The fourth-order valence-electron chi connectivity index (χ4n) is 1.36. The summed E-state index contributed by atoms with van der Waals surface area (Å²) in [4.78, 5) is 17.2. The Morgan fingerprint density at radius 3 is 2.89 bits per heavy atom. The number of amides is 1. The van der Waals surface area contributed by atoms with Crippen molar-refractivity contribution in [3.8, 4) is 0 Å². The van der Waals surface area contributed by atoms with Crippen LogP contribution in [0.5, 0.6) is 0 Å². The van der Waals surface area contributed by atoms with E-state index in [-0.39, 0.29) is 18.3 Å². The molecule has 0 fully saturated rings. The van der Waals surface area contributed by atoms with E-state index in [9.17, 15) is 4.79 Å². The van der Waals surface area contributed by atoms with Crippen LogP contribution in [-0.4, -0.2) is 17.4 Å². The molecule has 2 aromatic rings. The lowest BCUT2D eigenvalue weighted by atomic mass is 10.4. The summed E-state index contributed by atoms with van der Waals surface area (Å²) in [7, 11) is 0. The number of nitrogens with zero attached hydrogens (tertiary/aromatic N) is 1. The molecule has 0 aliphatic rings. The molecule has 0 spiro atoms. The molecule has 0 atom stereocenters. The van der Waals surface area contributed by atoms with E-state index in [0.29, 0.717) is 18.8 Å². The zero-order valence-corrected chi connectivity index (χ0v) is 13.9. The smallest absolute Gasteiger partial charge is 0.271 e. The fourth-order valence-corrected chi connectivity index (χ4v) is 3.58. The van der Waals surface area contributed by atoms with Crippen molar-refractivity contribution in [3.63, 3.8) is 0 Å². The minimum Gasteiger partial charge on any atom is -0.346 e. The van der Waals surface area contributed by atoms with Crippen LogP contribution in [0.1, 0.15) is 20.4 Å². The lowest BCUT2D eigenvalue weighted by molar-refractivity contribution is 0.0947. The maximum Gasteiger partial charge on any atom is 0.271 e. The number of rotatable bonds is 5. The molecule has 19 heavy (non-hydrogen) atoms. The monoisotopic (exact) mass is 381 g/mol. The lowest BCUT2D eigenvalue weighted by Crippen LogP contribution is -2.22. The normalized spacial score (nSPS) is 10.0. The van der Waals surface area contributed by atoms with Crippen LogP contribution in [0.4, 0.5) is 0 Å². The van der Waals surface area contributed by atoms with Crippen molar-refractivity contribution in [2.45, 2.75) is 13.0 Å². The van der Waals surface area contributed by atoms with E-state index in [1.807, 2.05) is 12.1 Å². The Kier molecular flexibility index (Phi) is 6.95. The fraction of sp³-hybridized carbons (Fsp3) is 0.273. The second kappa shape index (κ2) is 7.96. The van der Waals surface area contributed by atoms with Gasteiger partial charge in [0, 0.05) is 16.7 Å². The Balaban J connectivity index is 0.00000180. The first-order chi connectivity index (χ1) is 8.69. The molecule has 0 aliphatic carbocycles. The van der Waals surface area contributed by atoms with Crippen molar-refractivity contribution in [1.29, 1.82) is 0 Å². The Morgan fingerprint density at radius 2 is 2.26 bits per heavy atom. The average Bonchev–Trinajstić information content (AvgIpc) is 2.96. The quantitative estimate of drug-likeness (QED) is 0.835. The summed E-state index contributed by atoms with van der Waals surface area (Å²) in [6.45, 7) is 1.08. The van der Waals surface area contributed by atoms with Crippen molar-refractivity contribution in [2.75, 3.05) is 6.54 Å². The number of halogens is 2. The lowest BCUT2D eigenvalue weighted by Gasteiger charge is -2.00. The van der Waals surface area contributed by atoms with Crippen molar-refractivity contribution >= 4 is 56.9 Å². The van der Waals surface area contributed by atoms with Crippen LogP contribution >= 0.6 is 51.0 Å². The third-order valence-electron chi connectivity index (χ3n) is 2.19. The van der Waals surface area contributed by atoms with E-state index in [1.165, 1.54) is 11.3 Å². The molecule has 8 heteroatoms. The zero-order valence-electron chi connectivity index (χ0n) is 9.89. The second-order valence-corrected chi connectivity index (χ2v) is 7.04. The molecular formula is C11H13BrClN3OS2. The van der Waals surface area contributed by atoms with Gasteiger partial charge in [0.2, 0.25) is 0 Å². The van der Waals surface area contributed by atoms with Crippen molar-refractivity contribution in [2.24, 2.45) is 5.73 Å². The number of thiazole rings is 1. The first kappa shape index (κ1) is 16.6. The maximum atomic E-state index is 11.8. The van der Waals surface area contributed by atoms with Crippen molar-refractivity contribution < 1.29 is 4.79 Å². The van der Waals surface area contributed by atoms with Gasteiger partial charge in [0.15, 0.2) is 0 Å². The summed E-state index contributed by atoms with van der Waals surface area (Å²) < 4.78 is 1.06. The molecule has 4 nitrogen and oxygen atoms in total. The predicted molar refractivity (Wildman–Crippen MR) is 85.3 cm³/mol. The summed E-state index contributed by atoms with van der Waals surface area (Å²) in [6.07, 6.45) is 0.718. The molecule has 2 rings (SSSR count). The predicted octanol–water partition coefficient (Wildman–Crippen LogP) is 2.82. The molecule has 2 aromatic heterocycles. The molecule has 2 heterocycles. The van der Waals surface area contributed by atoms with Crippen LogP contribution in [-0.2, 0) is 13.0 Å². The minimum atomic E-state index is -0.140. The molecule has 3 N–H and O–H groups in total. The first-order valence-electron chi connectivity index (χ1n) is 5.36. The van der Waals surface area contributed by atoms with E-state index in [4.69, 9.17) is 5.73 Å². The number of hydrogen-bond acceptors (Lipinski definition) is 5. The second-order valence-electron chi connectivity index (χ2n) is 3.55. The minimum absolute atomic E-state index is 0. The van der Waals surface area contributed by atoms with Gasteiger partial charge < -0.3 is 11.1 Å².